The number of guanidine groups is 1. The van der Waals surface area contributed by atoms with Crippen LogP contribution < -0.4 is 33.2 Å². The van der Waals surface area contributed by atoms with E-state index in [4.69, 9.17) is 17.2 Å². The van der Waals surface area contributed by atoms with Gasteiger partial charge in [-0.15, -0.1) is 0 Å². The first-order valence-electron chi connectivity index (χ1n) is 15.4. The highest BCUT2D eigenvalue weighted by Crippen LogP contribution is 2.25. The summed E-state index contributed by atoms with van der Waals surface area (Å²) in [5.41, 5.74) is 18.7. The van der Waals surface area contributed by atoms with Crippen molar-refractivity contribution in [1.82, 2.24) is 30.8 Å². The number of carbonyl (C=O) groups is 5. The van der Waals surface area contributed by atoms with Gasteiger partial charge in [-0.2, -0.15) is 0 Å². The summed E-state index contributed by atoms with van der Waals surface area (Å²) in [6, 6.07) is 6.46. The molecule has 3 aromatic rings. The second kappa shape index (κ2) is 16.7. The molecule has 0 saturated heterocycles. The van der Waals surface area contributed by atoms with E-state index in [1.165, 1.54) is 41.7 Å². The van der Waals surface area contributed by atoms with Crippen molar-refractivity contribution >= 4 is 35.7 Å². The number of hydrogen-bond donors (Lipinski definition) is 8. The van der Waals surface area contributed by atoms with Crippen molar-refractivity contribution in [2.24, 2.45) is 22.2 Å². The number of halogens is 1. The molecule has 0 spiro atoms. The van der Waals surface area contributed by atoms with Gasteiger partial charge < -0.3 is 48.1 Å². The average Bonchev–Trinajstić information content (AvgIpc) is 3.58. The van der Waals surface area contributed by atoms with Gasteiger partial charge in [-0.25, -0.2) is 19.0 Å². The van der Waals surface area contributed by atoms with Crippen molar-refractivity contribution in [3.05, 3.63) is 89.3 Å². The lowest BCUT2D eigenvalue weighted by Gasteiger charge is -2.37. The molecule has 0 bridgehead atoms. The molecule has 2 aromatic carbocycles. The molecule has 1 aromatic heterocycles. The number of imidazole rings is 1. The number of nitrogens with zero attached hydrogens (tertiary/aromatic N) is 3. The number of aliphatic imine (C=N–C) groups is 1. The van der Waals surface area contributed by atoms with E-state index in [1.807, 2.05) is 0 Å². The van der Waals surface area contributed by atoms with E-state index in [9.17, 15) is 33.5 Å². The number of H-pyrrole nitrogens is 1. The standard InChI is InChI=1S/C32H39FN10O6/c33-21-9-7-18(8-10-21)12-24(41-28(45)25(42-32(36)49)14-22-15-37-17-39-22)27(44)40-23(6-3-11-38-31(34)35)29(46)43-16-20-5-2-1-4-19(20)13-26(43)30(47)48/h1-2,4-5,7-10,15,17,23-26H,3,6,11-14,16H2,(H,37,39)(H,40,44)(H,41,45)(H,47,48)(H4,34,35,38)(H3,36,42,49)/t23-,24+,25-,26-/m0/s1. The van der Waals surface area contributed by atoms with Gasteiger partial charge in [0.15, 0.2) is 5.96 Å². The Hall–Kier alpha value is -6.00. The van der Waals surface area contributed by atoms with Gasteiger partial charge in [0.05, 0.1) is 6.33 Å². The van der Waals surface area contributed by atoms with Gasteiger partial charge in [-0.3, -0.25) is 19.4 Å². The first kappa shape index (κ1) is 35.8. The van der Waals surface area contributed by atoms with Gasteiger partial charge in [0.1, 0.15) is 30.0 Å². The summed E-state index contributed by atoms with van der Waals surface area (Å²) >= 11 is 0. The molecule has 260 valence electrons. The molecule has 0 saturated carbocycles. The highest BCUT2D eigenvalue weighted by molar-refractivity contribution is 5.95. The Balaban J connectivity index is 1.62. The molecule has 0 fully saturated rings. The van der Waals surface area contributed by atoms with E-state index in [0.717, 1.165) is 11.1 Å². The lowest BCUT2D eigenvalue weighted by atomic mass is 9.93. The Morgan fingerprint density at radius 1 is 0.939 bits per heavy atom. The van der Waals surface area contributed by atoms with Crippen LogP contribution in [0.2, 0.25) is 0 Å². The Kier molecular flexibility index (Phi) is 12.2. The summed E-state index contributed by atoms with van der Waals surface area (Å²) in [4.78, 5) is 77.5. The second-order valence-electron chi connectivity index (χ2n) is 11.5. The summed E-state index contributed by atoms with van der Waals surface area (Å²) in [5, 5.41) is 17.7. The minimum absolute atomic E-state index is 0.00391. The molecule has 4 rings (SSSR count). The van der Waals surface area contributed by atoms with Crippen LogP contribution in [0.25, 0.3) is 0 Å². The Morgan fingerprint density at radius 3 is 2.20 bits per heavy atom. The minimum atomic E-state index is -1.33. The molecule has 1 aliphatic rings. The maximum Gasteiger partial charge on any atom is 0.326 e. The summed E-state index contributed by atoms with van der Waals surface area (Å²) < 4.78 is 13.7. The molecule has 49 heavy (non-hydrogen) atoms. The van der Waals surface area contributed by atoms with Gasteiger partial charge in [0.2, 0.25) is 17.7 Å². The van der Waals surface area contributed by atoms with E-state index in [2.05, 4.69) is 30.9 Å². The number of nitrogens with one attached hydrogen (secondary N) is 4. The fourth-order valence-corrected chi connectivity index (χ4v) is 5.54. The average molecular weight is 679 g/mol. The third-order valence-electron chi connectivity index (χ3n) is 7.97. The molecule has 5 amide bonds. The number of rotatable bonds is 15. The van der Waals surface area contributed by atoms with Crippen molar-refractivity contribution in [2.45, 2.75) is 62.8 Å². The number of fused-ring (bicyclic) bond motifs is 1. The molecular weight excluding hydrogens is 639 g/mol. The zero-order valence-corrected chi connectivity index (χ0v) is 26.5. The van der Waals surface area contributed by atoms with Crippen LogP contribution in [0.5, 0.6) is 0 Å². The fraction of sp³-hybridized carbons (Fsp3) is 0.344. The lowest BCUT2D eigenvalue weighted by molar-refractivity contribution is -0.153. The lowest BCUT2D eigenvalue weighted by Crippen LogP contribution is -2.60. The zero-order valence-electron chi connectivity index (χ0n) is 26.5. The van der Waals surface area contributed by atoms with E-state index in [1.54, 1.807) is 24.3 Å². The van der Waals surface area contributed by atoms with Crippen LogP contribution in [0.3, 0.4) is 0 Å². The van der Waals surface area contributed by atoms with Crippen LogP contribution in [0.15, 0.2) is 66.0 Å². The normalized spacial score (nSPS) is 15.5. The number of aliphatic carboxylic acids is 1. The maximum atomic E-state index is 14.1. The van der Waals surface area contributed by atoms with E-state index in [0.29, 0.717) is 11.3 Å². The van der Waals surface area contributed by atoms with Crippen LogP contribution in [-0.4, -0.2) is 86.4 Å². The van der Waals surface area contributed by atoms with Crippen LogP contribution in [0.1, 0.15) is 35.2 Å². The number of aromatic nitrogens is 2. The Morgan fingerprint density at radius 2 is 1.59 bits per heavy atom. The molecule has 0 aliphatic carbocycles. The highest BCUT2D eigenvalue weighted by atomic mass is 19.1. The molecular formula is C32H39FN10O6. The van der Waals surface area contributed by atoms with E-state index >= 15 is 0 Å². The molecule has 1 aliphatic heterocycles. The van der Waals surface area contributed by atoms with Gasteiger partial charge in [-0.1, -0.05) is 36.4 Å². The molecule has 0 unspecified atom stereocenters. The predicted molar refractivity (Wildman–Crippen MR) is 175 cm³/mol. The van der Waals surface area contributed by atoms with Gasteiger partial charge >= 0.3 is 12.0 Å². The van der Waals surface area contributed by atoms with Crippen molar-refractivity contribution in [1.29, 1.82) is 0 Å². The summed E-state index contributed by atoms with van der Waals surface area (Å²) in [5.74, 6) is -4.10. The zero-order chi connectivity index (χ0) is 35.5. The van der Waals surface area contributed by atoms with Crippen molar-refractivity contribution in [2.75, 3.05) is 6.54 Å². The predicted octanol–water partition coefficient (Wildman–Crippen LogP) is -0.568. The number of carbonyl (C=O) groups excluding carboxylic acids is 4. The fourth-order valence-electron chi connectivity index (χ4n) is 5.54. The minimum Gasteiger partial charge on any atom is -0.480 e. The monoisotopic (exact) mass is 678 g/mol. The molecule has 2 heterocycles. The van der Waals surface area contributed by atoms with Crippen LogP contribution in [0.4, 0.5) is 9.18 Å². The molecule has 16 nitrogen and oxygen atoms in total. The highest BCUT2D eigenvalue weighted by Gasteiger charge is 2.38. The van der Waals surface area contributed by atoms with Gasteiger partial charge in [0, 0.05) is 44.2 Å². The van der Waals surface area contributed by atoms with Crippen molar-refractivity contribution in [3.8, 4) is 0 Å². The largest absolute Gasteiger partial charge is 0.480 e. The number of amides is 5. The van der Waals surface area contributed by atoms with Crippen molar-refractivity contribution in [3.63, 3.8) is 0 Å². The topological polar surface area (TPSA) is 264 Å². The van der Waals surface area contributed by atoms with Crippen LogP contribution >= 0.6 is 0 Å². The third-order valence-corrected chi connectivity index (χ3v) is 7.97. The summed E-state index contributed by atoms with van der Waals surface area (Å²) in [6.07, 6.45) is 3.00. The quantitative estimate of drug-likeness (QED) is 0.0580. The van der Waals surface area contributed by atoms with Crippen LogP contribution in [0, 0.1) is 5.82 Å². The number of carboxylic acid groups (broad SMARTS) is 1. The summed E-state index contributed by atoms with van der Waals surface area (Å²) in [7, 11) is 0. The molecule has 4 atom stereocenters. The number of aromatic amines is 1. The van der Waals surface area contributed by atoms with E-state index in [-0.39, 0.29) is 51.2 Å². The Labute approximate surface area is 280 Å². The van der Waals surface area contributed by atoms with Gasteiger partial charge in [0.25, 0.3) is 0 Å². The first-order valence-corrected chi connectivity index (χ1v) is 15.4. The molecule has 11 N–H and O–H groups in total. The smallest absolute Gasteiger partial charge is 0.326 e. The molecule has 0 radical (unpaired) electrons. The number of hydrogen-bond acceptors (Lipinski definition) is 7. The van der Waals surface area contributed by atoms with Crippen LogP contribution in [-0.2, 0) is 45.0 Å². The SMILES string of the molecule is NC(=O)N[C@@H](Cc1cnc[nH]1)C(=O)N[C@H](Cc1ccc(F)cc1)C(=O)N[C@@H](CCCN=C(N)N)C(=O)N1Cc2ccccc2C[C@H]1C(=O)O. The first-order chi connectivity index (χ1) is 23.4. The third kappa shape index (κ3) is 10.2. The number of urea groups is 1. The van der Waals surface area contributed by atoms with Crippen molar-refractivity contribution < 1.29 is 33.5 Å². The number of benzene rings is 2. The maximum absolute atomic E-state index is 14.1. The van der Waals surface area contributed by atoms with E-state index < -0.39 is 59.7 Å². The Bertz CT molecular complexity index is 1660. The number of primary amides is 1. The summed E-state index contributed by atoms with van der Waals surface area (Å²) in [6.45, 7) is 0.118. The number of nitrogens with two attached hydrogens (primary N) is 3. The second-order valence-corrected chi connectivity index (χ2v) is 11.5. The van der Waals surface area contributed by atoms with Gasteiger partial charge in [-0.05, 0) is 41.7 Å². The molecule has 17 heteroatoms. The number of carboxylic acids is 1.